The Balaban J connectivity index is 1.36. The van der Waals surface area contributed by atoms with Crippen molar-refractivity contribution in [3.05, 3.63) is 82.5 Å². The Morgan fingerprint density at radius 1 is 1.18 bits per heavy atom. The molecule has 0 saturated heterocycles. The van der Waals surface area contributed by atoms with Gasteiger partial charge in [0.25, 0.3) is 0 Å². The van der Waals surface area contributed by atoms with Crippen LogP contribution in [0.25, 0.3) is 22.1 Å². The van der Waals surface area contributed by atoms with Crippen LogP contribution in [0.4, 0.5) is 5.82 Å². The largest absolute Gasteiger partial charge is 0.382 e. The fraction of sp³-hybridized carbons (Fsp3) is 0.167. The van der Waals surface area contributed by atoms with Crippen LogP contribution < -0.4 is 11.1 Å². The summed E-state index contributed by atoms with van der Waals surface area (Å²) >= 11 is 6.39. The number of aromatic nitrogens is 5. The standard InChI is InChI=1S/C24H22ClN7O/c1-14-3-2-4-15(5-14)6-20(33)27-10-19-9-16-7-18(25)8-17(21(16)31-19)11-32-13-30-22-23(26)28-12-29-24(22)32/h2-5,7-9,12-13,31H,6,10-11H2,1H3,(H,27,33)(H2,26,28,29). The monoisotopic (exact) mass is 459 g/mol. The zero-order valence-corrected chi connectivity index (χ0v) is 18.7. The topological polar surface area (TPSA) is 115 Å². The fourth-order valence-electron chi connectivity index (χ4n) is 4.02. The third-order valence-electron chi connectivity index (χ3n) is 5.52. The number of amides is 1. The van der Waals surface area contributed by atoms with Gasteiger partial charge in [-0.1, -0.05) is 41.4 Å². The number of carbonyl (C=O) groups is 1. The molecule has 33 heavy (non-hydrogen) atoms. The second kappa shape index (κ2) is 8.55. The summed E-state index contributed by atoms with van der Waals surface area (Å²) in [5.41, 5.74) is 12.1. The molecule has 0 fully saturated rings. The summed E-state index contributed by atoms with van der Waals surface area (Å²) in [7, 11) is 0. The molecular formula is C24H22ClN7O. The third-order valence-corrected chi connectivity index (χ3v) is 5.74. The van der Waals surface area contributed by atoms with Crippen LogP contribution in [0.1, 0.15) is 22.4 Å². The number of benzene rings is 2. The molecule has 0 aliphatic carbocycles. The van der Waals surface area contributed by atoms with Crippen LogP contribution >= 0.6 is 11.6 Å². The predicted octanol–water partition coefficient (Wildman–Crippen LogP) is 3.76. The van der Waals surface area contributed by atoms with Crippen LogP contribution in [0.5, 0.6) is 0 Å². The summed E-state index contributed by atoms with van der Waals surface area (Å²) < 4.78 is 1.91. The third kappa shape index (κ3) is 4.38. The Bertz CT molecular complexity index is 1490. The van der Waals surface area contributed by atoms with E-state index in [1.165, 1.54) is 6.33 Å². The van der Waals surface area contributed by atoms with Crippen molar-refractivity contribution in [2.75, 3.05) is 5.73 Å². The number of nitrogen functional groups attached to an aromatic ring is 1. The number of nitrogens with one attached hydrogen (secondary N) is 2. The lowest BCUT2D eigenvalue weighted by Crippen LogP contribution is -2.24. The van der Waals surface area contributed by atoms with E-state index in [-0.39, 0.29) is 5.91 Å². The SMILES string of the molecule is Cc1cccc(CC(=O)NCc2cc3cc(Cl)cc(Cn4cnc5c(N)ncnc54)c3[nH]2)c1. The minimum atomic E-state index is -0.0281. The summed E-state index contributed by atoms with van der Waals surface area (Å²) in [6.07, 6.45) is 3.46. The van der Waals surface area contributed by atoms with Gasteiger partial charge < -0.3 is 20.6 Å². The van der Waals surface area contributed by atoms with E-state index in [1.54, 1.807) is 6.33 Å². The summed E-state index contributed by atoms with van der Waals surface area (Å²) in [4.78, 5) is 28.5. The summed E-state index contributed by atoms with van der Waals surface area (Å²) in [5.74, 6) is 0.318. The molecule has 0 aliphatic rings. The van der Waals surface area contributed by atoms with Gasteiger partial charge in [0.15, 0.2) is 11.5 Å². The van der Waals surface area contributed by atoms with Crippen LogP contribution in [-0.2, 0) is 24.3 Å². The maximum atomic E-state index is 12.4. The highest BCUT2D eigenvalue weighted by Gasteiger charge is 2.13. The Morgan fingerprint density at radius 2 is 2.06 bits per heavy atom. The quantitative estimate of drug-likeness (QED) is 0.357. The molecule has 3 heterocycles. The van der Waals surface area contributed by atoms with E-state index in [4.69, 9.17) is 17.3 Å². The lowest BCUT2D eigenvalue weighted by Gasteiger charge is -2.07. The van der Waals surface area contributed by atoms with Gasteiger partial charge in [-0.2, -0.15) is 0 Å². The van der Waals surface area contributed by atoms with Gasteiger partial charge in [-0.25, -0.2) is 15.0 Å². The highest BCUT2D eigenvalue weighted by atomic mass is 35.5. The maximum absolute atomic E-state index is 12.4. The number of rotatable bonds is 6. The zero-order chi connectivity index (χ0) is 22.9. The number of aryl methyl sites for hydroxylation is 1. The van der Waals surface area contributed by atoms with Crippen molar-refractivity contribution in [1.82, 2.24) is 29.8 Å². The van der Waals surface area contributed by atoms with E-state index in [0.29, 0.717) is 41.5 Å². The molecule has 0 unspecified atom stereocenters. The van der Waals surface area contributed by atoms with Gasteiger partial charge in [0.05, 0.1) is 31.4 Å². The smallest absolute Gasteiger partial charge is 0.224 e. The number of anilines is 1. The molecule has 1 amide bonds. The first-order valence-electron chi connectivity index (χ1n) is 10.5. The molecule has 0 radical (unpaired) electrons. The highest BCUT2D eigenvalue weighted by Crippen LogP contribution is 2.26. The average Bonchev–Trinajstić information content (AvgIpc) is 3.37. The number of nitrogens with two attached hydrogens (primary N) is 1. The minimum absolute atomic E-state index is 0.0281. The number of hydrogen-bond donors (Lipinski definition) is 3. The van der Waals surface area contributed by atoms with Crippen molar-refractivity contribution in [2.45, 2.75) is 26.4 Å². The van der Waals surface area contributed by atoms with Crippen LogP contribution in [0.3, 0.4) is 0 Å². The van der Waals surface area contributed by atoms with Crippen molar-refractivity contribution in [3.8, 4) is 0 Å². The summed E-state index contributed by atoms with van der Waals surface area (Å²) in [6.45, 7) is 2.92. The van der Waals surface area contributed by atoms with Gasteiger partial charge in [0.1, 0.15) is 11.8 Å². The average molecular weight is 460 g/mol. The first kappa shape index (κ1) is 21.0. The number of imidazole rings is 1. The molecule has 0 saturated carbocycles. The Labute approximate surface area is 194 Å². The van der Waals surface area contributed by atoms with E-state index in [1.807, 2.05) is 54.0 Å². The van der Waals surface area contributed by atoms with E-state index < -0.39 is 0 Å². The zero-order valence-electron chi connectivity index (χ0n) is 18.0. The number of fused-ring (bicyclic) bond motifs is 2. The lowest BCUT2D eigenvalue weighted by molar-refractivity contribution is -0.120. The Hall–Kier alpha value is -3.91. The number of H-pyrrole nitrogens is 1. The normalized spacial score (nSPS) is 11.3. The Morgan fingerprint density at radius 3 is 2.91 bits per heavy atom. The van der Waals surface area contributed by atoms with Crippen LogP contribution in [0, 0.1) is 6.92 Å². The lowest BCUT2D eigenvalue weighted by atomic mass is 10.1. The second-order valence-electron chi connectivity index (χ2n) is 8.07. The van der Waals surface area contributed by atoms with Gasteiger partial charge in [0.2, 0.25) is 5.91 Å². The fourth-order valence-corrected chi connectivity index (χ4v) is 4.27. The Kier molecular flexibility index (Phi) is 5.43. The second-order valence-corrected chi connectivity index (χ2v) is 8.51. The molecule has 166 valence electrons. The van der Waals surface area contributed by atoms with E-state index >= 15 is 0 Å². The van der Waals surface area contributed by atoms with Crippen LogP contribution in [0.2, 0.25) is 5.02 Å². The predicted molar refractivity (Wildman–Crippen MR) is 129 cm³/mol. The van der Waals surface area contributed by atoms with Gasteiger partial charge >= 0.3 is 0 Å². The van der Waals surface area contributed by atoms with Gasteiger partial charge in [-0.05, 0) is 36.2 Å². The highest BCUT2D eigenvalue weighted by molar-refractivity contribution is 6.31. The molecule has 4 N–H and O–H groups in total. The van der Waals surface area contributed by atoms with Gasteiger partial charge in [-0.3, -0.25) is 4.79 Å². The van der Waals surface area contributed by atoms with E-state index in [0.717, 1.165) is 33.3 Å². The molecule has 5 rings (SSSR count). The first-order chi connectivity index (χ1) is 16.0. The number of nitrogens with zero attached hydrogens (tertiary/aromatic N) is 4. The van der Waals surface area contributed by atoms with Crippen molar-refractivity contribution >= 4 is 45.4 Å². The number of hydrogen-bond acceptors (Lipinski definition) is 5. The van der Waals surface area contributed by atoms with Crippen molar-refractivity contribution < 1.29 is 4.79 Å². The number of aromatic amines is 1. The van der Waals surface area contributed by atoms with Crippen LogP contribution in [0.15, 0.2) is 55.1 Å². The molecule has 0 atom stereocenters. The molecule has 5 aromatic rings. The molecule has 3 aromatic heterocycles. The van der Waals surface area contributed by atoms with Crippen molar-refractivity contribution in [3.63, 3.8) is 0 Å². The van der Waals surface area contributed by atoms with Crippen molar-refractivity contribution in [1.29, 1.82) is 0 Å². The molecule has 8 nitrogen and oxygen atoms in total. The summed E-state index contributed by atoms with van der Waals surface area (Å²) in [6, 6.07) is 13.8. The molecule has 9 heteroatoms. The van der Waals surface area contributed by atoms with E-state index in [2.05, 4.69) is 25.3 Å². The number of carbonyl (C=O) groups excluding carboxylic acids is 1. The first-order valence-corrected chi connectivity index (χ1v) is 10.9. The molecular weight excluding hydrogens is 438 g/mol. The molecule has 0 aliphatic heterocycles. The van der Waals surface area contributed by atoms with Gasteiger partial charge in [0, 0.05) is 16.1 Å². The summed E-state index contributed by atoms with van der Waals surface area (Å²) in [5, 5.41) is 4.59. The number of halogens is 1. The maximum Gasteiger partial charge on any atom is 0.224 e. The van der Waals surface area contributed by atoms with Gasteiger partial charge in [-0.15, -0.1) is 0 Å². The van der Waals surface area contributed by atoms with Crippen molar-refractivity contribution in [2.24, 2.45) is 0 Å². The molecule has 0 bridgehead atoms. The molecule has 2 aromatic carbocycles. The molecule has 0 spiro atoms. The van der Waals surface area contributed by atoms with E-state index in [9.17, 15) is 4.79 Å². The van der Waals surface area contributed by atoms with Crippen LogP contribution in [-0.4, -0.2) is 30.4 Å². The minimum Gasteiger partial charge on any atom is -0.382 e.